The number of guanidine groups is 1. The number of piperazine rings is 1. The smallest absolute Gasteiger partial charge is 0.194 e. The number of halogens is 1. The molecule has 29 heavy (non-hydrogen) atoms. The van der Waals surface area contributed by atoms with E-state index in [-0.39, 0.29) is 24.0 Å². The zero-order valence-corrected chi connectivity index (χ0v) is 20.5. The number of fused-ring (bicyclic) bond motifs is 2. The second-order valence-electron chi connectivity index (χ2n) is 9.04. The fourth-order valence-corrected chi connectivity index (χ4v) is 5.69. The molecule has 3 atom stereocenters. The van der Waals surface area contributed by atoms with Crippen LogP contribution in [0.15, 0.2) is 4.99 Å². The fraction of sp³-hybridized carbons (Fsp3) is 0.955. The molecule has 2 aliphatic carbocycles. The summed E-state index contributed by atoms with van der Waals surface area (Å²) in [4.78, 5) is 10.1. The Kier molecular flexibility index (Phi) is 9.78. The number of nitrogens with zero attached hydrogens (tertiary/aromatic N) is 3. The molecule has 2 heterocycles. The zero-order valence-electron chi connectivity index (χ0n) is 18.2. The first kappa shape index (κ1) is 23.5. The minimum atomic E-state index is 0. The molecule has 2 bridgehead atoms. The van der Waals surface area contributed by atoms with Crippen molar-refractivity contribution in [1.82, 2.24) is 15.1 Å². The largest absolute Gasteiger partial charge is 0.381 e. The van der Waals surface area contributed by atoms with Gasteiger partial charge in [0.15, 0.2) is 5.96 Å². The van der Waals surface area contributed by atoms with Crippen molar-refractivity contribution in [2.45, 2.75) is 64.0 Å². The summed E-state index contributed by atoms with van der Waals surface area (Å²) in [5.74, 6) is 3.13. The van der Waals surface area contributed by atoms with Crippen LogP contribution in [0.2, 0.25) is 0 Å². The van der Waals surface area contributed by atoms with Gasteiger partial charge in [0, 0.05) is 65.1 Å². The Bertz CT molecular complexity index is 507. The van der Waals surface area contributed by atoms with Crippen LogP contribution in [0.4, 0.5) is 0 Å². The van der Waals surface area contributed by atoms with Gasteiger partial charge in [0.1, 0.15) is 0 Å². The van der Waals surface area contributed by atoms with E-state index in [1.165, 1.54) is 38.8 Å². The summed E-state index contributed by atoms with van der Waals surface area (Å²) in [7, 11) is 0. The highest BCUT2D eigenvalue weighted by Crippen LogP contribution is 2.46. The highest BCUT2D eigenvalue weighted by molar-refractivity contribution is 14.0. The summed E-state index contributed by atoms with van der Waals surface area (Å²) in [6, 6.07) is 0.878. The molecule has 0 aromatic heterocycles. The molecule has 3 unspecified atom stereocenters. The summed E-state index contributed by atoms with van der Waals surface area (Å²) in [5.41, 5.74) is 0. The van der Waals surface area contributed by atoms with E-state index in [2.05, 4.69) is 22.0 Å². The van der Waals surface area contributed by atoms with E-state index in [0.717, 1.165) is 89.1 Å². The standard InChI is InChI=1S/C22H40N4O2.HI/c1-2-23-22(24-8-3-13-28-20-6-14-27-15-7-20)26-11-9-25(10-12-26)21-17-18-4-5-19(21)16-18;/h18-21H,2-17H2,1H3,(H,23,24);1H. The first-order valence-electron chi connectivity index (χ1n) is 11.8. The number of aliphatic imine (C=N–C) groups is 1. The monoisotopic (exact) mass is 520 g/mol. The van der Waals surface area contributed by atoms with Crippen molar-refractivity contribution in [3.63, 3.8) is 0 Å². The van der Waals surface area contributed by atoms with Crippen LogP contribution < -0.4 is 5.32 Å². The van der Waals surface area contributed by atoms with Crippen molar-refractivity contribution < 1.29 is 9.47 Å². The molecule has 4 fully saturated rings. The van der Waals surface area contributed by atoms with Gasteiger partial charge in [-0.05, 0) is 57.3 Å². The maximum atomic E-state index is 5.98. The van der Waals surface area contributed by atoms with Crippen molar-refractivity contribution in [2.75, 3.05) is 59.1 Å². The van der Waals surface area contributed by atoms with E-state index >= 15 is 0 Å². The van der Waals surface area contributed by atoms with E-state index in [9.17, 15) is 0 Å². The Balaban J connectivity index is 0.00000240. The lowest BCUT2D eigenvalue weighted by Gasteiger charge is -2.42. The summed E-state index contributed by atoms with van der Waals surface area (Å²) in [5, 5.41) is 3.50. The Morgan fingerprint density at radius 3 is 2.52 bits per heavy atom. The third-order valence-corrected chi connectivity index (χ3v) is 7.20. The second kappa shape index (κ2) is 12.1. The Morgan fingerprint density at radius 2 is 1.86 bits per heavy atom. The quantitative estimate of drug-likeness (QED) is 0.242. The number of nitrogens with one attached hydrogen (secondary N) is 1. The van der Waals surface area contributed by atoms with Gasteiger partial charge < -0.3 is 19.7 Å². The summed E-state index contributed by atoms with van der Waals surface area (Å²) in [6.07, 6.45) is 9.42. The Morgan fingerprint density at radius 1 is 1.07 bits per heavy atom. The van der Waals surface area contributed by atoms with E-state index in [1.807, 2.05) is 0 Å². The van der Waals surface area contributed by atoms with Crippen molar-refractivity contribution in [1.29, 1.82) is 0 Å². The molecule has 4 aliphatic rings. The van der Waals surface area contributed by atoms with Crippen LogP contribution >= 0.6 is 24.0 Å². The zero-order chi connectivity index (χ0) is 19.2. The van der Waals surface area contributed by atoms with Crippen molar-refractivity contribution in [3.05, 3.63) is 0 Å². The lowest BCUT2D eigenvalue weighted by atomic mass is 9.93. The van der Waals surface area contributed by atoms with Crippen LogP contribution in [0, 0.1) is 11.8 Å². The van der Waals surface area contributed by atoms with Gasteiger partial charge in [0.2, 0.25) is 0 Å². The van der Waals surface area contributed by atoms with Gasteiger partial charge in [-0.2, -0.15) is 0 Å². The average molecular weight is 521 g/mol. The highest BCUT2D eigenvalue weighted by Gasteiger charge is 2.42. The molecule has 7 heteroatoms. The molecule has 1 N–H and O–H groups in total. The molecule has 4 rings (SSSR count). The van der Waals surface area contributed by atoms with Crippen molar-refractivity contribution >= 4 is 29.9 Å². The van der Waals surface area contributed by atoms with Gasteiger partial charge in [-0.15, -0.1) is 24.0 Å². The van der Waals surface area contributed by atoms with E-state index in [0.29, 0.717) is 6.10 Å². The van der Waals surface area contributed by atoms with Gasteiger partial charge in [0.05, 0.1) is 6.10 Å². The lowest BCUT2D eigenvalue weighted by molar-refractivity contribution is -0.0318. The Hall–Kier alpha value is -0.120. The van der Waals surface area contributed by atoms with Crippen molar-refractivity contribution in [2.24, 2.45) is 16.8 Å². The molecule has 2 saturated heterocycles. The van der Waals surface area contributed by atoms with Crippen LogP contribution in [0.25, 0.3) is 0 Å². The molecule has 0 radical (unpaired) electrons. The van der Waals surface area contributed by atoms with Crippen molar-refractivity contribution in [3.8, 4) is 0 Å². The van der Waals surface area contributed by atoms with E-state index in [1.54, 1.807) is 0 Å². The van der Waals surface area contributed by atoms with Crippen LogP contribution in [0.3, 0.4) is 0 Å². The molecular weight excluding hydrogens is 479 g/mol. The van der Waals surface area contributed by atoms with E-state index in [4.69, 9.17) is 14.5 Å². The topological polar surface area (TPSA) is 49.3 Å². The predicted octanol–water partition coefficient (Wildman–Crippen LogP) is 2.96. The van der Waals surface area contributed by atoms with Crippen LogP contribution in [-0.2, 0) is 9.47 Å². The lowest BCUT2D eigenvalue weighted by Crippen LogP contribution is -2.55. The van der Waals surface area contributed by atoms with Gasteiger partial charge in [-0.25, -0.2) is 0 Å². The minimum absolute atomic E-state index is 0. The third-order valence-electron chi connectivity index (χ3n) is 7.20. The normalized spacial score (nSPS) is 31.1. The van der Waals surface area contributed by atoms with Crippen LogP contribution in [-0.4, -0.2) is 87.0 Å². The molecule has 0 aromatic carbocycles. The molecule has 0 spiro atoms. The predicted molar refractivity (Wildman–Crippen MR) is 128 cm³/mol. The fourth-order valence-electron chi connectivity index (χ4n) is 5.69. The molecule has 0 amide bonds. The SMILES string of the molecule is CCNC(=NCCCOC1CCOCC1)N1CCN(C2CC3CCC2C3)CC1.I. The summed E-state index contributed by atoms with van der Waals surface area (Å²) in [6.45, 7) is 11.1. The average Bonchev–Trinajstić information content (AvgIpc) is 3.37. The summed E-state index contributed by atoms with van der Waals surface area (Å²) < 4.78 is 11.4. The van der Waals surface area contributed by atoms with Gasteiger partial charge >= 0.3 is 0 Å². The first-order chi connectivity index (χ1) is 13.8. The second-order valence-corrected chi connectivity index (χ2v) is 9.04. The summed E-state index contributed by atoms with van der Waals surface area (Å²) >= 11 is 0. The highest BCUT2D eigenvalue weighted by atomic mass is 127. The maximum Gasteiger partial charge on any atom is 0.194 e. The number of rotatable bonds is 7. The molecule has 168 valence electrons. The molecule has 2 aliphatic heterocycles. The number of hydrogen-bond acceptors (Lipinski definition) is 4. The number of ether oxygens (including phenoxy) is 2. The van der Waals surface area contributed by atoms with Gasteiger partial charge in [-0.3, -0.25) is 9.89 Å². The third kappa shape index (κ3) is 6.43. The van der Waals surface area contributed by atoms with Crippen LogP contribution in [0.1, 0.15) is 51.9 Å². The minimum Gasteiger partial charge on any atom is -0.381 e. The van der Waals surface area contributed by atoms with Gasteiger partial charge in [-0.1, -0.05) is 6.42 Å². The van der Waals surface area contributed by atoms with Gasteiger partial charge in [0.25, 0.3) is 0 Å². The molecular formula is C22H41IN4O2. The molecule has 2 saturated carbocycles. The Labute approximate surface area is 194 Å². The molecule has 6 nitrogen and oxygen atoms in total. The molecule has 0 aromatic rings. The van der Waals surface area contributed by atoms with E-state index < -0.39 is 0 Å². The van der Waals surface area contributed by atoms with Crippen LogP contribution in [0.5, 0.6) is 0 Å². The number of hydrogen-bond donors (Lipinski definition) is 1. The maximum absolute atomic E-state index is 5.98. The first-order valence-corrected chi connectivity index (χ1v) is 11.8.